The Morgan fingerprint density at radius 1 is 1.00 bits per heavy atom. The van der Waals surface area contributed by atoms with Gasteiger partial charge in [0.25, 0.3) is 5.76 Å². The molecule has 1 atom stereocenters. The minimum atomic E-state index is -2.40. The third-order valence-electron chi connectivity index (χ3n) is 2.95. The van der Waals surface area contributed by atoms with Crippen molar-refractivity contribution < 1.29 is 13.2 Å². The molecule has 0 bridgehead atoms. The predicted octanol–water partition coefficient (Wildman–Crippen LogP) is 5.18. The van der Waals surface area contributed by atoms with Crippen molar-refractivity contribution in [1.82, 2.24) is 0 Å². The van der Waals surface area contributed by atoms with E-state index in [1.807, 2.05) is 6.92 Å². The van der Waals surface area contributed by atoms with Gasteiger partial charge in [-0.3, -0.25) is 0 Å². The van der Waals surface area contributed by atoms with E-state index in [-0.39, 0.29) is 11.9 Å². The molecule has 0 amide bonds. The van der Waals surface area contributed by atoms with Crippen molar-refractivity contribution in [3.05, 3.63) is 59.9 Å². The number of rotatable bonds is 6. The van der Waals surface area contributed by atoms with Crippen LogP contribution in [0.3, 0.4) is 0 Å². The van der Waals surface area contributed by atoms with Crippen molar-refractivity contribution in [2.45, 2.75) is 30.0 Å². The Hall–Kier alpha value is -1.62. The van der Waals surface area contributed by atoms with Gasteiger partial charge in [0, 0.05) is 16.6 Å². The Bertz CT molecular complexity index is 555. The molecule has 0 saturated heterocycles. The van der Waals surface area contributed by atoms with E-state index < -0.39 is 5.76 Å². The first kappa shape index (κ1) is 15.8. The predicted molar refractivity (Wildman–Crippen MR) is 81.5 cm³/mol. The first-order chi connectivity index (χ1) is 10.0. The summed E-state index contributed by atoms with van der Waals surface area (Å²) >= 11 is 0.533. The summed E-state index contributed by atoms with van der Waals surface area (Å²) < 4.78 is 37.3. The van der Waals surface area contributed by atoms with Crippen LogP contribution >= 0.6 is 11.8 Å². The molecule has 0 saturated carbocycles. The average molecular weight is 311 g/mol. The van der Waals surface area contributed by atoms with Crippen LogP contribution in [0.25, 0.3) is 0 Å². The molecule has 1 unspecified atom stereocenters. The fraction of sp³-hybridized carbons (Fsp3) is 0.250. The third kappa shape index (κ3) is 5.34. The minimum absolute atomic E-state index is 0.157. The quantitative estimate of drug-likeness (QED) is 0.737. The van der Waals surface area contributed by atoms with Crippen LogP contribution in [0.4, 0.5) is 18.9 Å². The van der Waals surface area contributed by atoms with Crippen molar-refractivity contribution in [3.8, 4) is 0 Å². The smallest absolute Gasteiger partial charge is 0.288 e. The molecule has 5 heteroatoms. The molecule has 1 nitrogen and oxygen atoms in total. The molecule has 0 aromatic heterocycles. The molecule has 21 heavy (non-hydrogen) atoms. The van der Waals surface area contributed by atoms with E-state index in [1.54, 1.807) is 36.4 Å². The first-order valence-corrected chi connectivity index (χ1v) is 7.47. The van der Waals surface area contributed by atoms with Gasteiger partial charge in [-0.05, 0) is 55.3 Å². The largest absolute Gasteiger partial charge is 0.382 e. The highest BCUT2D eigenvalue weighted by molar-refractivity contribution is 7.99. The molecule has 2 rings (SSSR count). The SMILES string of the molecule is CC(Cc1ccc(F)cc1)Nc1ccc(SC(F)F)cc1. The minimum Gasteiger partial charge on any atom is -0.382 e. The molecular weight excluding hydrogens is 295 g/mol. The molecule has 0 spiro atoms. The van der Waals surface area contributed by atoms with Crippen molar-refractivity contribution in [1.29, 1.82) is 0 Å². The lowest BCUT2D eigenvalue weighted by Gasteiger charge is -2.15. The van der Waals surface area contributed by atoms with Gasteiger partial charge in [-0.1, -0.05) is 23.9 Å². The van der Waals surface area contributed by atoms with Crippen LogP contribution in [0.1, 0.15) is 12.5 Å². The van der Waals surface area contributed by atoms with Gasteiger partial charge < -0.3 is 5.32 Å². The third-order valence-corrected chi connectivity index (χ3v) is 3.67. The molecule has 0 aliphatic rings. The summed E-state index contributed by atoms with van der Waals surface area (Å²) in [6.45, 7) is 2.02. The van der Waals surface area contributed by atoms with E-state index in [4.69, 9.17) is 0 Å². The maximum absolute atomic E-state index is 12.8. The number of hydrogen-bond acceptors (Lipinski definition) is 2. The van der Waals surface area contributed by atoms with Crippen LogP contribution in [0, 0.1) is 5.82 Å². The van der Waals surface area contributed by atoms with Gasteiger partial charge in [0.05, 0.1) is 0 Å². The number of nitrogens with one attached hydrogen (secondary N) is 1. The monoisotopic (exact) mass is 311 g/mol. The van der Waals surface area contributed by atoms with Crippen LogP contribution in [0.15, 0.2) is 53.4 Å². The van der Waals surface area contributed by atoms with E-state index in [2.05, 4.69) is 5.32 Å². The topological polar surface area (TPSA) is 12.0 Å². The molecular formula is C16H16F3NS. The zero-order valence-corrected chi connectivity index (χ0v) is 12.3. The van der Waals surface area contributed by atoms with Crippen LogP contribution in [0.2, 0.25) is 0 Å². The fourth-order valence-corrected chi connectivity index (χ4v) is 2.54. The van der Waals surface area contributed by atoms with E-state index in [0.717, 1.165) is 17.7 Å². The lowest BCUT2D eigenvalue weighted by atomic mass is 10.1. The molecule has 1 N–H and O–H groups in total. The maximum Gasteiger partial charge on any atom is 0.288 e. The number of halogens is 3. The van der Waals surface area contributed by atoms with E-state index in [1.165, 1.54) is 12.1 Å². The summed E-state index contributed by atoms with van der Waals surface area (Å²) in [4.78, 5) is 0.543. The molecule has 0 aliphatic carbocycles. The lowest BCUT2D eigenvalue weighted by molar-refractivity contribution is 0.252. The second kappa shape index (κ2) is 7.41. The van der Waals surface area contributed by atoms with Crippen molar-refractivity contribution in [3.63, 3.8) is 0 Å². The second-order valence-corrected chi connectivity index (χ2v) is 5.84. The highest BCUT2D eigenvalue weighted by Gasteiger charge is 2.07. The van der Waals surface area contributed by atoms with Crippen molar-refractivity contribution in [2.24, 2.45) is 0 Å². The summed E-state index contributed by atoms with van der Waals surface area (Å²) in [6, 6.07) is 13.5. The standard InChI is InChI=1S/C16H16F3NS/c1-11(10-12-2-4-13(17)5-3-12)20-14-6-8-15(9-7-14)21-16(18)19/h2-9,11,16,20H,10H2,1H3. The number of anilines is 1. The Morgan fingerprint density at radius 3 is 2.19 bits per heavy atom. The van der Waals surface area contributed by atoms with E-state index in [9.17, 15) is 13.2 Å². The zero-order chi connectivity index (χ0) is 15.2. The molecule has 112 valence electrons. The Morgan fingerprint density at radius 2 is 1.62 bits per heavy atom. The number of hydrogen-bond donors (Lipinski definition) is 1. The summed E-state index contributed by atoms with van der Waals surface area (Å²) in [5.74, 6) is -2.65. The summed E-state index contributed by atoms with van der Waals surface area (Å²) in [5.41, 5.74) is 1.92. The maximum atomic E-state index is 12.8. The van der Waals surface area contributed by atoms with Crippen LogP contribution < -0.4 is 5.32 Å². The Kier molecular flexibility index (Phi) is 5.56. The average Bonchev–Trinajstić information content (AvgIpc) is 2.43. The van der Waals surface area contributed by atoms with Crippen molar-refractivity contribution >= 4 is 17.4 Å². The van der Waals surface area contributed by atoms with Gasteiger partial charge in [0.1, 0.15) is 5.82 Å². The summed E-state index contributed by atoms with van der Waals surface area (Å²) in [5, 5.41) is 3.29. The van der Waals surface area contributed by atoms with Gasteiger partial charge in [0.15, 0.2) is 0 Å². The lowest BCUT2D eigenvalue weighted by Crippen LogP contribution is -2.17. The Balaban J connectivity index is 1.90. The first-order valence-electron chi connectivity index (χ1n) is 6.59. The molecule has 0 heterocycles. The van der Waals surface area contributed by atoms with Gasteiger partial charge in [-0.15, -0.1) is 0 Å². The molecule has 0 aliphatic heterocycles. The highest BCUT2D eigenvalue weighted by Crippen LogP contribution is 2.26. The van der Waals surface area contributed by atoms with Gasteiger partial charge in [-0.2, -0.15) is 8.78 Å². The van der Waals surface area contributed by atoms with Crippen LogP contribution in [-0.2, 0) is 6.42 Å². The fourth-order valence-electron chi connectivity index (χ4n) is 2.04. The number of benzene rings is 2. The molecule has 2 aromatic rings. The summed E-state index contributed by atoms with van der Waals surface area (Å²) in [7, 11) is 0. The van der Waals surface area contributed by atoms with Gasteiger partial charge in [0.2, 0.25) is 0 Å². The molecule has 2 aromatic carbocycles. The highest BCUT2D eigenvalue weighted by atomic mass is 32.2. The zero-order valence-electron chi connectivity index (χ0n) is 11.5. The van der Waals surface area contributed by atoms with E-state index >= 15 is 0 Å². The normalized spacial score (nSPS) is 12.4. The molecule has 0 radical (unpaired) electrons. The van der Waals surface area contributed by atoms with E-state index in [0.29, 0.717) is 16.7 Å². The number of thioether (sulfide) groups is 1. The summed E-state index contributed by atoms with van der Waals surface area (Å²) in [6.07, 6.45) is 0.758. The Labute approximate surface area is 126 Å². The van der Waals surface area contributed by atoms with Crippen LogP contribution in [0.5, 0.6) is 0 Å². The second-order valence-electron chi connectivity index (χ2n) is 4.78. The van der Waals surface area contributed by atoms with Crippen LogP contribution in [-0.4, -0.2) is 11.8 Å². The van der Waals surface area contributed by atoms with Gasteiger partial charge in [-0.25, -0.2) is 4.39 Å². The number of alkyl halides is 2. The molecule has 0 fully saturated rings. The van der Waals surface area contributed by atoms with Crippen molar-refractivity contribution in [2.75, 3.05) is 5.32 Å². The van der Waals surface area contributed by atoms with Gasteiger partial charge >= 0.3 is 0 Å².